The van der Waals surface area contributed by atoms with Gasteiger partial charge in [0.25, 0.3) is 10.0 Å². The third-order valence-electron chi connectivity index (χ3n) is 4.00. The fraction of sp³-hybridized carbons (Fsp3) is 0.105. The SMILES string of the molecule is C=CCn1c(NS(=O)(=O)c2ccc(Br)cc2)nc(-c2ccc(Cl)cc2)c1C. The third-order valence-corrected chi connectivity index (χ3v) is 6.12. The number of nitrogens with zero attached hydrogens (tertiary/aromatic N) is 2. The maximum absolute atomic E-state index is 12.7. The Balaban J connectivity index is 2.04. The van der Waals surface area contributed by atoms with Gasteiger partial charge in [0.15, 0.2) is 0 Å². The van der Waals surface area contributed by atoms with E-state index in [1.165, 1.54) is 12.1 Å². The molecule has 0 radical (unpaired) electrons. The fourth-order valence-corrected chi connectivity index (χ4v) is 4.04. The van der Waals surface area contributed by atoms with Crippen LogP contribution in [0.4, 0.5) is 5.95 Å². The molecule has 1 N–H and O–H groups in total. The third kappa shape index (κ3) is 4.26. The lowest BCUT2D eigenvalue weighted by atomic mass is 10.1. The molecule has 1 aromatic heterocycles. The van der Waals surface area contributed by atoms with Gasteiger partial charge in [-0.1, -0.05) is 45.7 Å². The standard InChI is InChI=1S/C19H17BrClN3O2S/c1-3-12-24-13(2)18(14-4-8-16(21)9-5-14)22-19(24)23-27(25,26)17-10-6-15(20)7-11-17/h3-11H,1,12H2,2H3,(H,22,23). The maximum atomic E-state index is 12.7. The largest absolute Gasteiger partial charge is 0.310 e. The molecule has 1 heterocycles. The van der Waals surface area contributed by atoms with E-state index in [9.17, 15) is 8.42 Å². The fourth-order valence-electron chi connectivity index (χ4n) is 2.64. The minimum atomic E-state index is -3.77. The molecule has 5 nitrogen and oxygen atoms in total. The summed E-state index contributed by atoms with van der Waals surface area (Å²) >= 11 is 9.26. The highest BCUT2D eigenvalue weighted by atomic mass is 79.9. The molecule has 0 aliphatic rings. The van der Waals surface area contributed by atoms with Gasteiger partial charge in [-0.25, -0.2) is 18.1 Å². The Kier molecular flexibility index (Phi) is 5.74. The number of aromatic nitrogens is 2. The van der Waals surface area contributed by atoms with Crippen molar-refractivity contribution in [3.8, 4) is 11.3 Å². The van der Waals surface area contributed by atoms with Crippen molar-refractivity contribution in [2.24, 2.45) is 0 Å². The van der Waals surface area contributed by atoms with Crippen molar-refractivity contribution >= 4 is 43.5 Å². The molecule has 27 heavy (non-hydrogen) atoms. The molecule has 8 heteroatoms. The smallest absolute Gasteiger partial charge is 0.264 e. The van der Waals surface area contributed by atoms with E-state index in [2.05, 4.69) is 32.2 Å². The molecular weight excluding hydrogens is 450 g/mol. The van der Waals surface area contributed by atoms with Gasteiger partial charge in [-0.3, -0.25) is 0 Å². The van der Waals surface area contributed by atoms with Crippen molar-refractivity contribution in [3.63, 3.8) is 0 Å². The van der Waals surface area contributed by atoms with E-state index < -0.39 is 10.0 Å². The Morgan fingerprint density at radius 3 is 2.41 bits per heavy atom. The van der Waals surface area contributed by atoms with E-state index >= 15 is 0 Å². The van der Waals surface area contributed by atoms with Gasteiger partial charge >= 0.3 is 0 Å². The van der Waals surface area contributed by atoms with Crippen LogP contribution in [0.1, 0.15) is 5.69 Å². The highest BCUT2D eigenvalue weighted by molar-refractivity contribution is 9.10. The predicted octanol–water partition coefficient (Wildman–Crippen LogP) is 5.26. The zero-order valence-electron chi connectivity index (χ0n) is 14.5. The van der Waals surface area contributed by atoms with Gasteiger partial charge < -0.3 is 4.57 Å². The van der Waals surface area contributed by atoms with Crippen LogP contribution in [0.2, 0.25) is 5.02 Å². The number of allylic oxidation sites excluding steroid dienone is 1. The van der Waals surface area contributed by atoms with Crippen molar-refractivity contribution in [1.29, 1.82) is 0 Å². The lowest BCUT2D eigenvalue weighted by molar-refractivity contribution is 0.600. The summed E-state index contributed by atoms with van der Waals surface area (Å²) < 4.78 is 30.7. The predicted molar refractivity (Wildman–Crippen MR) is 113 cm³/mol. The molecule has 0 atom stereocenters. The van der Waals surface area contributed by atoms with Crippen LogP contribution in [0.15, 0.2) is 70.6 Å². The molecule has 0 bridgehead atoms. The highest BCUT2D eigenvalue weighted by Crippen LogP contribution is 2.28. The lowest BCUT2D eigenvalue weighted by Gasteiger charge is -2.10. The minimum absolute atomic E-state index is 0.157. The van der Waals surface area contributed by atoms with Gasteiger partial charge in [0.1, 0.15) is 0 Å². The van der Waals surface area contributed by atoms with Crippen LogP contribution >= 0.6 is 27.5 Å². The second-order valence-corrected chi connectivity index (χ2v) is 8.87. The first-order chi connectivity index (χ1) is 12.8. The summed E-state index contributed by atoms with van der Waals surface area (Å²) in [4.78, 5) is 4.69. The van der Waals surface area contributed by atoms with E-state index in [0.29, 0.717) is 17.3 Å². The van der Waals surface area contributed by atoms with Gasteiger partial charge in [-0.15, -0.1) is 6.58 Å². The highest BCUT2D eigenvalue weighted by Gasteiger charge is 2.21. The topological polar surface area (TPSA) is 64.0 Å². The summed E-state index contributed by atoms with van der Waals surface area (Å²) in [5.41, 5.74) is 2.36. The van der Waals surface area contributed by atoms with E-state index in [-0.39, 0.29) is 10.8 Å². The van der Waals surface area contributed by atoms with Crippen molar-refractivity contribution in [2.45, 2.75) is 18.4 Å². The second kappa shape index (κ2) is 7.88. The van der Waals surface area contributed by atoms with Crippen LogP contribution in [-0.2, 0) is 16.6 Å². The summed E-state index contributed by atoms with van der Waals surface area (Å²) in [6.45, 7) is 6.06. The zero-order chi connectivity index (χ0) is 19.6. The normalized spacial score (nSPS) is 11.4. The number of nitrogens with one attached hydrogen (secondary N) is 1. The lowest BCUT2D eigenvalue weighted by Crippen LogP contribution is -2.17. The molecule has 2 aromatic carbocycles. The van der Waals surface area contributed by atoms with Crippen molar-refractivity contribution in [1.82, 2.24) is 9.55 Å². The first kappa shape index (κ1) is 19.7. The molecule has 0 spiro atoms. The summed E-state index contributed by atoms with van der Waals surface area (Å²) in [6.07, 6.45) is 1.69. The summed E-state index contributed by atoms with van der Waals surface area (Å²) in [5.74, 6) is 0.236. The van der Waals surface area contributed by atoms with Crippen LogP contribution in [0.3, 0.4) is 0 Å². The minimum Gasteiger partial charge on any atom is -0.310 e. The van der Waals surface area contributed by atoms with Gasteiger partial charge in [-0.2, -0.15) is 0 Å². The average Bonchev–Trinajstić information content (AvgIpc) is 2.92. The summed E-state index contributed by atoms with van der Waals surface area (Å²) in [7, 11) is -3.77. The van der Waals surface area contributed by atoms with E-state index in [4.69, 9.17) is 11.6 Å². The Labute approximate surface area is 171 Å². The number of imidazole rings is 1. The Bertz CT molecular complexity index is 1080. The van der Waals surface area contributed by atoms with Gasteiger partial charge in [0.2, 0.25) is 5.95 Å². The number of rotatable bonds is 6. The van der Waals surface area contributed by atoms with Crippen LogP contribution in [0.5, 0.6) is 0 Å². The second-order valence-electron chi connectivity index (χ2n) is 5.84. The molecule has 3 rings (SSSR count). The van der Waals surface area contributed by atoms with E-state index in [1.54, 1.807) is 34.9 Å². The molecule has 0 aliphatic carbocycles. The Morgan fingerprint density at radius 1 is 1.19 bits per heavy atom. The monoisotopic (exact) mass is 465 g/mol. The van der Waals surface area contributed by atoms with Crippen molar-refractivity contribution in [2.75, 3.05) is 4.72 Å². The number of anilines is 1. The molecular formula is C19H17BrClN3O2S. The Hall–Kier alpha value is -2.09. The molecule has 140 valence electrons. The van der Waals surface area contributed by atoms with Crippen molar-refractivity contribution in [3.05, 3.63) is 76.4 Å². The van der Waals surface area contributed by atoms with E-state index in [1.807, 2.05) is 19.1 Å². The number of hydrogen-bond acceptors (Lipinski definition) is 3. The first-order valence-corrected chi connectivity index (χ1v) is 10.7. The molecule has 0 amide bonds. The average molecular weight is 467 g/mol. The first-order valence-electron chi connectivity index (χ1n) is 8.04. The number of halogens is 2. The van der Waals surface area contributed by atoms with Gasteiger partial charge in [-0.05, 0) is 43.3 Å². The molecule has 3 aromatic rings. The molecule has 0 unspecified atom stereocenters. The van der Waals surface area contributed by atoms with Crippen LogP contribution < -0.4 is 4.72 Å². The molecule has 0 fully saturated rings. The van der Waals surface area contributed by atoms with Crippen LogP contribution in [0.25, 0.3) is 11.3 Å². The van der Waals surface area contributed by atoms with Crippen molar-refractivity contribution < 1.29 is 8.42 Å². The van der Waals surface area contributed by atoms with Crippen LogP contribution in [0, 0.1) is 6.92 Å². The zero-order valence-corrected chi connectivity index (χ0v) is 17.6. The maximum Gasteiger partial charge on any atom is 0.264 e. The Morgan fingerprint density at radius 2 is 1.81 bits per heavy atom. The summed E-state index contributed by atoms with van der Waals surface area (Å²) in [5, 5.41) is 0.623. The molecule has 0 saturated heterocycles. The number of benzene rings is 2. The quantitative estimate of drug-likeness (QED) is 0.504. The number of sulfonamides is 1. The molecule has 0 aliphatic heterocycles. The summed E-state index contributed by atoms with van der Waals surface area (Å²) in [6, 6.07) is 13.7. The van der Waals surface area contributed by atoms with E-state index in [0.717, 1.165) is 15.7 Å². The van der Waals surface area contributed by atoms with Crippen LogP contribution in [-0.4, -0.2) is 18.0 Å². The molecule has 0 saturated carbocycles. The van der Waals surface area contributed by atoms with Gasteiger partial charge in [0.05, 0.1) is 10.6 Å². The van der Waals surface area contributed by atoms with Gasteiger partial charge in [0, 0.05) is 27.3 Å². The number of hydrogen-bond donors (Lipinski definition) is 1.